The summed E-state index contributed by atoms with van der Waals surface area (Å²) in [5.41, 5.74) is 14.1. The fourth-order valence-corrected chi connectivity index (χ4v) is 9.23. The fourth-order valence-electron chi connectivity index (χ4n) is 9.23. The molecule has 8 aromatic carbocycles. The van der Waals surface area contributed by atoms with Gasteiger partial charge in [-0.15, -0.1) is 48.1 Å². The predicted octanol–water partition coefficient (Wildman–Crippen LogP) is 15.9. The maximum Gasteiger partial charge on any atom is 0.135 e. The molecule has 0 fully saturated rings. The van der Waals surface area contributed by atoms with Gasteiger partial charge in [0.2, 0.25) is 0 Å². The molecule has 10 aromatic rings. The number of fused-ring (bicyclic) bond motifs is 4. The van der Waals surface area contributed by atoms with Crippen molar-refractivity contribution in [3.8, 4) is 39.6 Å². The van der Waals surface area contributed by atoms with E-state index in [0.717, 1.165) is 55.9 Å². The molecule has 0 aliphatic carbocycles. The molecule has 0 saturated heterocycles. The summed E-state index contributed by atoms with van der Waals surface area (Å²) in [5, 5.41) is 2.19. The minimum atomic E-state index is -0.247. The molecule has 6 heteroatoms. The van der Waals surface area contributed by atoms with Crippen molar-refractivity contribution in [3.05, 3.63) is 236 Å². The molecule has 0 spiro atoms. The Balaban J connectivity index is 0.00000525. The van der Waals surface area contributed by atoms with Gasteiger partial charge in [-0.05, 0) is 92.2 Å². The van der Waals surface area contributed by atoms with Crippen LogP contribution in [0.5, 0.6) is 11.5 Å². The van der Waals surface area contributed by atoms with E-state index < -0.39 is 0 Å². The number of rotatable bonds is 9. The predicted molar refractivity (Wildman–Crippen MR) is 272 cm³/mol. The number of hydrogen-bond acceptors (Lipinski definition) is 4. The van der Waals surface area contributed by atoms with Gasteiger partial charge in [-0.25, -0.2) is 4.98 Å². The minimum Gasteiger partial charge on any atom is -0.509 e. The quantitative estimate of drug-likeness (QED) is 0.135. The summed E-state index contributed by atoms with van der Waals surface area (Å²) < 4.78 is 8.94. The van der Waals surface area contributed by atoms with Gasteiger partial charge in [0.1, 0.15) is 5.82 Å². The van der Waals surface area contributed by atoms with Gasteiger partial charge in [-0.3, -0.25) is 0 Å². The Morgan fingerprint density at radius 1 is 0.493 bits per heavy atom. The van der Waals surface area contributed by atoms with Crippen LogP contribution < -0.4 is 14.5 Å². The molecule has 2 aromatic heterocycles. The number of ether oxygens (including phenoxy) is 1. The molecule has 1 aliphatic rings. The van der Waals surface area contributed by atoms with Crippen LogP contribution in [0.1, 0.15) is 51.3 Å². The largest absolute Gasteiger partial charge is 0.509 e. The van der Waals surface area contributed by atoms with Gasteiger partial charge in [-0.1, -0.05) is 161 Å². The van der Waals surface area contributed by atoms with Crippen LogP contribution in [0.3, 0.4) is 0 Å². The van der Waals surface area contributed by atoms with Gasteiger partial charge in [0, 0.05) is 66.8 Å². The first-order chi connectivity index (χ1) is 32.1. The SMILES string of the molecule is CC(C)(C)c1cc(-c2ccccc2)cc(N2[CH-]N(c3[c-]c(Oc4[c-]c5c(cc4)c4cc(-c6ccccc6)ccc4n5-c4cc(C(C)(C)c5ccccc5)ccn4)ccc3)c3ccccc32)c1.[Pt]. The van der Waals surface area contributed by atoms with Crippen LogP contribution >= 0.6 is 0 Å². The number of benzene rings is 8. The first kappa shape index (κ1) is 43.7. The van der Waals surface area contributed by atoms with Gasteiger partial charge >= 0.3 is 0 Å². The molecule has 3 heterocycles. The number of nitrogens with zero attached hydrogens (tertiary/aromatic N) is 4. The van der Waals surface area contributed by atoms with Crippen LogP contribution in [0, 0.1) is 18.8 Å². The molecule has 0 amide bonds. The number of anilines is 4. The van der Waals surface area contributed by atoms with Crippen molar-refractivity contribution < 1.29 is 25.8 Å². The van der Waals surface area contributed by atoms with Crippen molar-refractivity contribution in [1.29, 1.82) is 0 Å². The topological polar surface area (TPSA) is 33.5 Å². The van der Waals surface area contributed by atoms with Crippen LogP contribution in [0.4, 0.5) is 22.7 Å². The molecule has 0 saturated carbocycles. The second-order valence-corrected chi connectivity index (χ2v) is 18.6. The van der Waals surface area contributed by atoms with Crippen LogP contribution in [0.2, 0.25) is 0 Å². The number of hydrogen-bond donors (Lipinski definition) is 0. The maximum atomic E-state index is 6.72. The first-order valence-corrected chi connectivity index (χ1v) is 22.6. The van der Waals surface area contributed by atoms with Crippen LogP contribution in [-0.4, -0.2) is 9.55 Å². The minimum absolute atomic E-state index is 0. The van der Waals surface area contributed by atoms with Crippen molar-refractivity contribution in [2.75, 3.05) is 9.80 Å². The van der Waals surface area contributed by atoms with E-state index in [4.69, 9.17) is 9.72 Å². The van der Waals surface area contributed by atoms with Crippen LogP contribution in [0.25, 0.3) is 49.9 Å². The summed E-state index contributed by atoms with van der Waals surface area (Å²) in [7, 11) is 0. The molecule has 332 valence electrons. The Labute approximate surface area is 408 Å². The van der Waals surface area contributed by atoms with E-state index in [-0.39, 0.29) is 31.9 Å². The van der Waals surface area contributed by atoms with Crippen molar-refractivity contribution in [2.24, 2.45) is 0 Å². The Kier molecular flexibility index (Phi) is 11.4. The Morgan fingerprint density at radius 2 is 1.15 bits per heavy atom. The van der Waals surface area contributed by atoms with E-state index in [1.807, 2.05) is 24.4 Å². The summed E-state index contributed by atoms with van der Waals surface area (Å²) in [6, 6.07) is 75.8. The van der Waals surface area contributed by atoms with E-state index in [2.05, 4.69) is 244 Å². The zero-order valence-electron chi connectivity index (χ0n) is 38.1. The molecule has 1 aliphatic heterocycles. The normalized spacial score (nSPS) is 12.6. The van der Waals surface area contributed by atoms with E-state index in [1.165, 1.54) is 33.4 Å². The monoisotopic (exact) mass is 1050 g/mol. The molecular weight excluding hydrogens is 1000 g/mol. The third kappa shape index (κ3) is 8.23. The number of aromatic nitrogens is 2. The van der Waals surface area contributed by atoms with E-state index in [9.17, 15) is 0 Å². The number of para-hydroxylation sites is 2. The standard InChI is InChI=1S/C61H49N4O.Pt/c1-60(2,3)48-34-45(43-20-11-7-12-21-43)35-50(37-48)64-41-63(56-26-15-16-27-57(56)64)49-24-17-25-51(39-49)66-52-29-30-53-54-36-44(42-18-9-6-10-19-42)28-31-55(54)65(58(53)40-52)59-38-47(32-33-62-59)61(4,5)46-22-13-8-14-23-46;/h6-38,41H,1-5H3;/q-3;. The second kappa shape index (κ2) is 17.5. The zero-order chi connectivity index (χ0) is 45.0. The third-order valence-electron chi connectivity index (χ3n) is 13.0. The molecule has 5 nitrogen and oxygen atoms in total. The third-order valence-corrected chi connectivity index (χ3v) is 13.0. The first-order valence-electron chi connectivity index (χ1n) is 22.6. The van der Waals surface area contributed by atoms with Crippen molar-refractivity contribution >= 4 is 44.6 Å². The molecule has 67 heavy (non-hydrogen) atoms. The van der Waals surface area contributed by atoms with E-state index in [1.54, 1.807) is 0 Å². The molecule has 0 atom stereocenters. The van der Waals surface area contributed by atoms with Gasteiger partial charge < -0.3 is 19.1 Å². The molecule has 0 radical (unpaired) electrons. The average molecular weight is 1050 g/mol. The van der Waals surface area contributed by atoms with Gasteiger partial charge in [0.05, 0.1) is 0 Å². The summed E-state index contributed by atoms with van der Waals surface area (Å²) in [6.07, 6.45) is 1.92. The summed E-state index contributed by atoms with van der Waals surface area (Å²) >= 11 is 0. The molecular formula is C61H49N4OPt-3. The summed E-state index contributed by atoms with van der Waals surface area (Å²) in [5.74, 6) is 2.00. The molecule has 0 bridgehead atoms. The smallest absolute Gasteiger partial charge is 0.135 e. The Bertz CT molecular complexity index is 3390. The Hall–Kier alpha value is -7.20. The van der Waals surface area contributed by atoms with Crippen molar-refractivity contribution in [3.63, 3.8) is 0 Å². The maximum absolute atomic E-state index is 6.72. The van der Waals surface area contributed by atoms with E-state index >= 15 is 0 Å². The van der Waals surface area contributed by atoms with Crippen molar-refractivity contribution in [1.82, 2.24) is 9.55 Å². The van der Waals surface area contributed by atoms with E-state index in [0.29, 0.717) is 11.5 Å². The zero-order valence-corrected chi connectivity index (χ0v) is 40.4. The number of pyridine rings is 1. The van der Waals surface area contributed by atoms with Crippen LogP contribution in [-0.2, 0) is 31.9 Å². The average Bonchev–Trinajstić information content (AvgIpc) is 3.90. The van der Waals surface area contributed by atoms with Crippen LogP contribution in [0.15, 0.2) is 200 Å². The van der Waals surface area contributed by atoms with Crippen molar-refractivity contribution in [2.45, 2.75) is 45.4 Å². The molecule has 0 unspecified atom stereocenters. The fraction of sp³-hybridized carbons (Fsp3) is 0.115. The Morgan fingerprint density at radius 3 is 1.87 bits per heavy atom. The second-order valence-electron chi connectivity index (χ2n) is 18.6. The summed E-state index contributed by atoms with van der Waals surface area (Å²) in [6.45, 7) is 13.5. The molecule has 0 N–H and O–H groups in total. The molecule has 11 rings (SSSR count). The van der Waals surface area contributed by atoms with Gasteiger partial charge in [-0.2, -0.15) is 12.1 Å². The van der Waals surface area contributed by atoms with Gasteiger partial charge in [0.15, 0.2) is 0 Å². The summed E-state index contributed by atoms with van der Waals surface area (Å²) in [4.78, 5) is 9.48. The van der Waals surface area contributed by atoms with Gasteiger partial charge in [0.25, 0.3) is 0 Å².